The van der Waals surface area contributed by atoms with Crippen LogP contribution in [0.15, 0.2) is 60.7 Å². The van der Waals surface area contributed by atoms with Crippen molar-refractivity contribution in [2.24, 2.45) is 0 Å². The predicted octanol–water partition coefficient (Wildman–Crippen LogP) is 6.17. The van der Waals surface area contributed by atoms with E-state index in [1.165, 1.54) is 5.56 Å². The molecule has 2 rings (SSSR count). The van der Waals surface area contributed by atoms with Crippen molar-refractivity contribution < 1.29 is 32.7 Å². The average molecular weight is 382 g/mol. The molecule has 0 atom stereocenters. The molecule has 0 nitrogen and oxygen atoms in total. The average Bonchev–Trinajstić information content (AvgIpc) is 2.68. The third-order valence-corrected chi connectivity index (χ3v) is 2.19. The number of terminal acetylenes is 2. The molecule has 121 valence electrons. The summed E-state index contributed by atoms with van der Waals surface area (Å²) in [6, 6.07) is 20.1. The van der Waals surface area contributed by atoms with Crippen LogP contribution in [0.5, 0.6) is 0 Å². The van der Waals surface area contributed by atoms with Gasteiger partial charge in [0.25, 0.3) is 0 Å². The van der Waals surface area contributed by atoms with Crippen molar-refractivity contribution in [3.8, 4) is 18.8 Å². The summed E-state index contributed by atoms with van der Waals surface area (Å²) >= 11 is 0. The second-order valence-electron chi connectivity index (χ2n) is 3.35. The van der Waals surface area contributed by atoms with Gasteiger partial charge in [0.1, 0.15) is 0 Å². The summed E-state index contributed by atoms with van der Waals surface area (Å²) in [4.78, 5) is 0. The molecule has 0 aliphatic heterocycles. The molecule has 0 bridgehead atoms. The zero-order valence-electron chi connectivity index (χ0n) is 15.2. The van der Waals surface area contributed by atoms with Crippen molar-refractivity contribution in [3.63, 3.8) is 0 Å². The van der Waals surface area contributed by atoms with Crippen LogP contribution in [-0.4, -0.2) is 0 Å². The minimum Gasteiger partial charge on any atom is -0.697 e. The van der Waals surface area contributed by atoms with Crippen molar-refractivity contribution in [1.29, 1.82) is 0 Å². The summed E-state index contributed by atoms with van der Waals surface area (Å²) in [5.74, 6) is 2.53. The zero-order valence-corrected chi connectivity index (χ0v) is 18.1. The summed E-state index contributed by atoms with van der Waals surface area (Å²) in [6.45, 7) is 10.2. The maximum absolute atomic E-state index is 5.25. The monoisotopic (exact) mass is 382 g/mol. The van der Waals surface area contributed by atoms with Crippen LogP contribution in [0.1, 0.15) is 45.7 Å². The molecule has 0 spiro atoms. The Hall–Kier alpha value is -1.34. The Morgan fingerprint density at radius 1 is 0.783 bits per heavy atom. The molecule has 0 amide bonds. The van der Waals surface area contributed by atoms with E-state index in [4.69, 9.17) is 12.8 Å². The second kappa shape index (κ2) is 28.8. The van der Waals surface area contributed by atoms with Gasteiger partial charge in [-0.05, 0) is 24.1 Å². The van der Waals surface area contributed by atoms with Crippen molar-refractivity contribution in [3.05, 3.63) is 78.2 Å². The Kier molecular flexibility index (Phi) is 37.1. The van der Waals surface area contributed by atoms with Gasteiger partial charge in [0, 0.05) is 38.3 Å². The van der Waals surface area contributed by atoms with Gasteiger partial charge >= 0.3 is 0 Å². The predicted molar refractivity (Wildman–Crippen MR) is 101 cm³/mol. The van der Waals surface area contributed by atoms with E-state index in [0.29, 0.717) is 0 Å². The second-order valence-corrected chi connectivity index (χ2v) is 3.35. The quantitative estimate of drug-likeness (QED) is 0.409. The number of aryl methyl sites for hydroxylation is 1. The number of benzene rings is 2. The van der Waals surface area contributed by atoms with Gasteiger partial charge < -0.3 is 12.8 Å². The first-order valence-electron chi connectivity index (χ1n) is 7.71. The van der Waals surface area contributed by atoms with E-state index >= 15 is 0 Å². The van der Waals surface area contributed by atoms with E-state index in [1.807, 2.05) is 64.1 Å². The molecule has 0 heterocycles. The molecule has 0 fully saturated rings. The molecule has 0 aliphatic carbocycles. The van der Waals surface area contributed by atoms with E-state index < -0.39 is 0 Å². The van der Waals surface area contributed by atoms with E-state index in [-0.39, 0.29) is 32.7 Å². The summed E-state index contributed by atoms with van der Waals surface area (Å²) in [5, 5.41) is 0. The summed E-state index contributed by atoms with van der Waals surface area (Å²) in [5.41, 5.74) is 2.35. The van der Waals surface area contributed by atoms with Gasteiger partial charge in [-0.25, -0.2) is 0 Å². The van der Waals surface area contributed by atoms with Gasteiger partial charge in [0.15, 0.2) is 0 Å². The Labute approximate surface area is 170 Å². The fourth-order valence-corrected chi connectivity index (χ4v) is 1.25. The molecule has 0 aromatic heterocycles. The molecule has 1 radical (unpaired) electrons. The van der Waals surface area contributed by atoms with E-state index in [0.717, 1.165) is 12.0 Å². The van der Waals surface area contributed by atoms with Gasteiger partial charge in [-0.15, -0.1) is 6.42 Å². The van der Waals surface area contributed by atoms with Crippen molar-refractivity contribution in [1.82, 2.24) is 0 Å². The molecular formula is C22H29Y-. The van der Waals surface area contributed by atoms with Gasteiger partial charge in [-0.2, -0.15) is 0 Å². The fourth-order valence-electron chi connectivity index (χ4n) is 1.25. The standard InChI is InChI=1S/C8H10.C8H6.2C2H6.C2H.Y/c2*1-2-8-6-4-3-5-7-8;3*1-2;/h3-7H,2H2,1H3;1,3-7H;2*1-2H3;1H;/q;;;;-1;. The number of rotatable bonds is 1. The zero-order chi connectivity index (χ0) is 17.6. The first kappa shape index (κ1) is 29.6. The molecule has 0 N–H and O–H groups in total. The van der Waals surface area contributed by atoms with E-state index in [2.05, 4.69) is 43.5 Å². The van der Waals surface area contributed by atoms with Crippen LogP contribution in [0.25, 0.3) is 0 Å². The van der Waals surface area contributed by atoms with Crippen LogP contribution in [-0.2, 0) is 39.1 Å². The molecule has 0 saturated heterocycles. The van der Waals surface area contributed by atoms with Crippen molar-refractivity contribution in [2.75, 3.05) is 0 Å². The van der Waals surface area contributed by atoms with Gasteiger partial charge in [-0.1, -0.05) is 89.1 Å². The third kappa shape index (κ3) is 20.7. The van der Waals surface area contributed by atoms with Crippen LogP contribution >= 0.6 is 0 Å². The molecule has 0 unspecified atom stereocenters. The Balaban J connectivity index is -0.000000115. The normalized spacial score (nSPS) is 6.52. The van der Waals surface area contributed by atoms with Crippen LogP contribution < -0.4 is 0 Å². The van der Waals surface area contributed by atoms with Crippen LogP contribution in [0.2, 0.25) is 0 Å². The maximum atomic E-state index is 5.25. The number of hydrogen-bond donors (Lipinski definition) is 0. The first-order valence-corrected chi connectivity index (χ1v) is 7.71. The molecular weight excluding hydrogens is 353 g/mol. The Bertz CT molecular complexity index is 464. The molecule has 2 aromatic rings. The van der Waals surface area contributed by atoms with Gasteiger partial charge in [-0.3, -0.25) is 0 Å². The summed E-state index contributed by atoms with van der Waals surface area (Å²) < 4.78 is 0. The summed E-state index contributed by atoms with van der Waals surface area (Å²) in [6.07, 6.45) is 15.2. The van der Waals surface area contributed by atoms with Crippen LogP contribution in [0, 0.1) is 25.2 Å². The third-order valence-electron chi connectivity index (χ3n) is 2.19. The number of hydrogen-bond acceptors (Lipinski definition) is 0. The van der Waals surface area contributed by atoms with Gasteiger partial charge in [0.05, 0.1) is 0 Å². The summed E-state index contributed by atoms with van der Waals surface area (Å²) in [7, 11) is 0. The van der Waals surface area contributed by atoms with Crippen LogP contribution in [0.3, 0.4) is 0 Å². The fraction of sp³-hybridized carbons (Fsp3) is 0.273. The molecule has 2 aromatic carbocycles. The van der Waals surface area contributed by atoms with E-state index in [9.17, 15) is 0 Å². The first-order chi connectivity index (χ1) is 10.9. The molecule has 0 aliphatic rings. The Morgan fingerprint density at radius 2 is 1.13 bits per heavy atom. The largest absolute Gasteiger partial charge is 0.697 e. The molecule has 0 saturated carbocycles. The molecule has 1 heteroatoms. The maximum Gasteiger partial charge on any atom is 0.0242 e. The Morgan fingerprint density at radius 3 is 1.35 bits per heavy atom. The minimum atomic E-state index is 0. The van der Waals surface area contributed by atoms with Crippen molar-refractivity contribution >= 4 is 0 Å². The SMILES string of the molecule is C#Cc1ccccc1.CC.CC.CCc1ccccc1.[C-]#C.[Y]. The topological polar surface area (TPSA) is 0 Å². The van der Waals surface area contributed by atoms with Crippen LogP contribution in [0.4, 0.5) is 0 Å². The van der Waals surface area contributed by atoms with Crippen molar-refractivity contribution in [2.45, 2.75) is 41.0 Å². The van der Waals surface area contributed by atoms with Gasteiger partial charge in [0.2, 0.25) is 0 Å². The minimum absolute atomic E-state index is 0. The van der Waals surface area contributed by atoms with E-state index in [1.54, 1.807) is 0 Å². The smallest absolute Gasteiger partial charge is 0.0242 e. The molecule has 23 heavy (non-hydrogen) atoms.